The predicted molar refractivity (Wildman–Crippen MR) is 78.9 cm³/mol. The molecule has 1 saturated heterocycles. The van der Waals surface area contributed by atoms with Crippen LogP contribution >= 0.6 is 0 Å². The minimum Gasteiger partial charge on any atom is -0.450 e. The van der Waals surface area contributed by atoms with Crippen molar-refractivity contribution < 1.29 is 14.3 Å². The van der Waals surface area contributed by atoms with E-state index in [1.807, 2.05) is 18.3 Å². The number of aromatic amines is 1. The van der Waals surface area contributed by atoms with Gasteiger partial charge in [0.2, 0.25) is 5.91 Å². The molecule has 0 saturated carbocycles. The molecule has 1 aliphatic rings. The van der Waals surface area contributed by atoms with Gasteiger partial charge in [0, 0.05) is 37.4 Å². The van der Waals surface area contributed by atoms with Crippen LogP contribution in [0.2, 0.25) is 0 Å². The van der Waals surface area contributed by atoms with E-state index in [1.54, 1.807) is 11.8 Å². The average molecular weight is 293 g/mol. The third-order valence-corrected chi connectivity index (χ3v) is 3.67. The number of ether oxygens (including phenoxy) is 1. The fraction of sp³-hybridized carbons (Fsp3) is 0.600. The first kappa shape index (κ1) is 15.4. The number of hydrogen-bond acceptors (Lipinski definition) is 3. The van der Waals surface area contributed by atoms with Crippen molar-refractivity contribution in [1.29, 1.82) is 0 Å². The number of rotatable bonds is 5. The van der Waals surface area contributed by atoms with Gasteiger partial charge in [-0.15, -0.1) is 0 Å². The van der Waals surface area contributed by atoms with E-state index in [2.05, 4.69) is 10.3 Å². The van der Waals surface area contributed by atoms with Gasteiger partial charge < -0.3 is 19.9 Å². The van der Waals surface area contributed by atoms with E-state index in [9.17, 15) is 9.59 Å². The van der Waals surface area contributed by atoms with E-state index in [4.69, 9.17) is 4.74 Å². The quantitative estimate of drug-likeness (QED) is 0.867. The molecule has 2 N–H and O–H groups in total. The molecule has 0 unspecified atom stereocenters. The molecule has 1 aromatic rings. The maximum Gasteiger partial charge on any atom is 0.409 e. The zero-order valence-corrected chi connectivity index (χ0v) is 12.4. The van der Waals surface area contributed by atoms with Crippen molar-refractivity contribution in [3.63, 3.8) is 0 Å². The van der Waals surface area contributed by atoms with Gasteiger partial charge in [-0.25, -0.2) is 4.79 Å². The summed E-state index contributed by atoms with van der Waals surface area (Å²) in [5.74, 6) is 0.0687. The van der Waals surface area contributed by atoms with Crippen LogP contribution in [0.4, 0.5) is 4.79 Å². The van der Waals surface area contributed by atoms with Crippen LogP contribution in [0.1, 0.15) is 31.9 Å². The van der Waals surface area contributed by atoms with Crippen molar-refractivity contribution in [1.82, 2.24) is 15.2 Å². The maximum absolute atomic E-state index is 11.9. The number of likely N-dealkylation sites (tertiary alicyclic amines) is 1. The Morgan fingerprint density at radius 2 is 2.19 bits per heavy atom. The Kier molecular flexibility index (Phi) is 5.66. The molecule has 2 amide bonds. The number of aryl methyl sites for hydroxylation is 1. The molecule has 116 valence electrons. The monoisotopic (exact) mass is 293 g/mol. The summed E-state index contributed by atoms with van der Waals surface area (Å²) in [5, 5.41) is 3.04. The topological polar surface area (TPSA) is 74.4 Å². The third-order valence-electron chi connectivity index (χ3n) is 3.67. The Morgan fingerprint density at radius 1 is 1.43 bits per heavy atom. The normalized spacial score (nSPS) is 15.8. The van der Waals surface area contributed by atoms with Crippen molar-refractivity contribution in [2.45, 2.75) is 38.6 Å². The number of piperidine rings is 1. The van der Waals surface area contributed by atoms with E-state index in [0.29, 0.717) is 26.1 Å². The second-order valence-corrected chi connectivity index (χ2v) is 5.22. The highest BCUT2D eigenvalue weighted by Crippen LogP contribution is 2.12. The van der Waals surface area contributed by atoms with Crippen LogP contribution in [0.3, 0.4) is 0 Å². The first-order chi connectivity index (χ1) is 10.2. The van der Waals surface area contributed by atoms with Crippen LogP contribution in [-0.2, 0) is 16.0 Å². The van der Waals surface area contributed by atoms with Gasteiger partial charge in [0.25, 0.3) is 0 Å². The lowest BCUT2D eigenvalue weighted by molar-refractivity contribution is -0.122. The molecule has 1 aliphatic heterocycles. The number of H-pyrrole nitrogens is 1. The number of hydrogen-bond donors (Lipinski definition) is 2. The number of nitrogens with one attached hydrogen (secondary N) is 2. The zero-order valence-electron chi connectivity index (χ0n) is 12.4. The van der Waals surface area contributed by atoms with Gasteiger partial charge in [-0.3, -0.25) is 4.79 Å². The molecular weight excluding hydrogens is 270 g/mol. The summed E-state index contributed by atoms with van der Waals surface area (Å²) < 4.78 is 4.97. The van der Waals surface area contributed by atoms with E-state index in [1.165, 1.54) is 0 Å². The molecular formula is C15H23N3O3. The van der Waals surface area contributed by atoms with Gasteiger partial charge >= 0.3 is 6.09 Å². The Balaban J connectivity index is 1.66. The van der Waals surface area contributed by atoms with Gasteiger partial charge in [-0.1, -0.05) is 0 Å². The van der Waals surface area contributed by atoms with E-state index >= 15 is 0 Å². The summed E-state index contributed by atoms with van der Waals surface area (Å²) in [7, 11) is 0. The number of carbonyl (C=O) groups is 2. The van der Waals surface area contributed by atoms with Crippen molar-refractivity contribution in [3.8, 4) is 0 Å². The first-order valence-electron chi connectivity index (χ1n) is 7.52. The van der Waals surface area contributed by atoms with Crippen molar-refractivity contribution in [2.24, 2.45) is 0 Å². The smallest absolute Gasteiger partial charge is 0.409 e. The predicted octanol–water partition coefficient (Wildman–Crippen LogP) is 1.68. The lowest BCUT2D eigenvalue weighted by Gasteiger charge is -2.31. The van der Waals surface area contributed by atoms with Crippen molar-refractivity contribution >= 4 is 12.0 Å². The summed E-state index contributed by atoms with van der Waals surface area (Å²) >= 11 is 0. The van der Waals surface area contributed by atoms with Crippen LogP contribution in [0, 0.1) is 0 Å². The fourth-order valence-corrected chi connectivity index (χ4v) is 2.49. The second-order valence-electron chi connectivity index (χ2n) is 5.22. The molecule has 0 aromatic carbocycles. The van der Waals surface area contributed by atoms with E-state index < -0.39 is 0 Å². The van der Waals surface area contributed by atoms with Crippen LogP contribution in [-0.4, -0.2) is 47.6 Å². The lowest BCUT2D eigenvalue weighted by Crippen LogP contribution is -2.46. The van der Waals surface area contributed by atoms with Gasteiger partial charge in [0.15, 0.2) is 0 Å². The molecule has 6 heteroatoms. The molecule has 1 aromatic heterocycles. The summed E-state index contributed by atoms with van der Waals surface area (Å²) in [5.41, 5.74) is 1.07. The van der Waals surface area contributed by atoms with Gasteiger partial charge in [-0.05, 0) is 38.3 Å². The molecule has 0 aliphatic carbocycles. The third kappa shape index (κ3) is 4.81. The van der Waals surface area contributed by atoms with Crippen LogP contribution in [0.15, 0.2) is 18.3 Å². The largest absolute Gasteiger partial charge is 0.450 e. The van der Waals surface area contributed by atoms with Gasteiger partial charge in [-0.2, -0.15) is 0 Å². The van der Waals surface area contributed by atoms with Crippen LogP contribution in [0.25, 0.3) is 0 Å². The highest BCUT2D eigenvalue weighted by molar-refractivity contribution is 5.76. The minimum atomic E-state index is -0.256. The molecule has 21 heavy (non-hydrogen) atoms. The average Bonchev–Trinajstić information content (AvgIpc) is 2.99. The molecule has 1 fully saturated rings. The number of aromatic nitrogens is 1. The van der Waals surface area contributed by atoms with Gasteiger partial charge in [0.05, 0.1) is 6.61 Å². The zero-order chi connectivity index (χ0) is 15.1. The molecule has 0 spiro atoms. The molecule has 0 bridgehead atoms. The summed E-state index contributed by atoms with van der Waals surface area (Å²) in [4.78, 5) is 28.3. The summed E-state index contributed by atoms with van der Waals surface area (Å²) in [6.07, 6.45) is 4.38. The Labute approximate surface area is 124 Å². The Hall–Kier alpha value is -1.98. The SMILES string of the molecule is CCOC(=O)N1CCC(NC(=O)CCc2ccc[nH]2)CC1. The maximum atomic E-state index is 11.9. The van der Waals surface area contributed by atoms with Crippen molar-refractivity contribution in [3.05, 3.63) is 24.0 Å². The van der Waals surface area contributed by atoms with E-state index in [0.717, 1.165) is 25.0 Å². The number of nitrogens with zero attached hydrogens (tertiary/aromatic N) is 1. The fourth-order valence-electron chi connectivity index (χ4n) is 2.49. The molecule has 6 nitrogen and oxygen atoms in total. The van der Waals surface area contributed by atoms with Gasteiger partial charge in [0.1, 0.15) is 0 Å². The standard InChI is InChI=1S/C15H23N3O3/c1-2-21-15(20)18-10-7-13(8-11-18)17-14(19)6-5-12-4-3-9-16-12/h3-4,9,13,16H,2,5-8,10-11H2,1H3,(H,17,19). The number of amides is 2. The highest BCUT2D eigenvalue weighted by atomic mass is 16.6. The van der Waals surface area contributed by atoms with Crippen molar-refractivity contribution in [2.75, 3.05) is 19.7 Å². The van der Waals surface area contributed by atoms with E-state index in [-0.39, 0.29) is 18.0 Å². The molecule has 2 heterocycles. The minimum absolute atomic E-state index is 0.0687. The lowest BCUT2D eigenvalue weighted by atomic mass is 10.1. The first-order valence-corrected chi connectivity index (χ1v) is 7.52. The molecule has 0 radical (unpaired) electrons. The Bertz CT molecular complexity index is 451. The number of carbonyl (C=O) groups excluding carboxylic acids is 2. The van der Waals surface area contributed by atoms with Crippen LogP contribution in [0.5, 0.6) is 0 Å². The highest BCUT2D eigenvalue weighted by Gasteiger charge is 2.24. The molecule has 0 atom stereocenters. The summed E-state index contributed by atoms with van der Waals surface area (Å²) in [6.45, 7) is 3.48. The summed E-state index contributed by atoms with van der Waals surface area (Å²) in [6, 6.07) is 4.07. The molecule has 2 rings (SSSR count). The second kappa shape index (κ2) is 7.71. The van der Waals surface area contributed by atoms with Crippen LogP contribution < -0.4 is 5.32 Å². The Morgan fingerprint density at radius 3 is 2.81 bits per heavy atom.